The molecule has 13 heteroatoms. The van der Waals surface area contributed by atoms with Gasteiger partial charge >= 0.3 is 0 Å². The number of ether oxygens (including phenoxy) is 1. The maximum absolute atomic E-state index is 14.8. The van der Waals surface area contributed by atoms with Crippen LogP contribution in [0.5, 0.6) is 5.75 Å². The second-order valence-electron chi connectivity index (χ2n) is 12.0. The molecule has 0 aliphatic rings. The highest BCUT2D eigenvalue weighted by Gasteiger charge is 2.36. The van der Waals surface area contributed by atoms with Crippen molar-refractivity contribution in [3.05, 3.63) is 128 Å². The quantitative estimate of drug-likeness (QED) is 0.108. The van der Waals surface area contributed by atoms with Crippen molar-refractivity contribution in [2.45, 2.75) is 64.1 Å². The number of sulfonamides is 1. The van der Waals surface area contributed by atoms with E-state index in [0.717, 1.165) is 27.1 Å². The molecule has 4 rings (SSSR count). The molecule has 4 aromatic rings. The second-order valence-corrected chi connectivity index (χ2v) is 14.3. The largest absolute Gasteiger partial charge is 0.495 e. The highest BCUT2D eigenvalue weighted by atomic mass is 35.5. The van der Waals surface area contributed by atoms with Gasteiger partial charge in [-0.15, -0.1) is 0 Å². The lowest BCUT2D eigenvalue weighted by Crippen LogP contribution is -2.54. The van der Waals surface area contributed by atoms with E-state index < -0.39 is 49.9 Å². The van der Waals surface area contributed by atoms with Crippen LogP contribution in [0.25, 0.3) is 0 Å². The fourth-order valence-electron chi connectivity index (χ4n) is 5.41. The van der Waals surface area contributed by atoms with Crippen LogP contribution in [0, 0.1) is 24.0 Å². The third kappa shape index (κ3) is 8.99. The zero-order valence-electron chi connectivity index (χ0n) is 28.6. The lowest BCUT2D eigenvalue weighted by atomic mass is 10.0. The van der Waals surface area contributed by atoms with E-state index in [1.807, 2.05) is 75.4 Å². The standard InChI is InChI=1S/C37H41ClN4O7S/c1-6-27(4)39-37(44)34(20-28-13-8-7-9-14-28)40(23-29-15-11-10-12-25(29)2)36(43)24-41(33-21-30(38)17-19-35(33)49-5)50(47,48)31-18-16-26(3)32(22-31)42(45)46/h7-19,21-22,27,34H,6,20,23-24H2,1-5H3,(H,39,44)/t27-,34+/m1/s1. The zero-order valence-corrected chi connectivity index (χ0v) is 30.2. The number of halogens is 1. The Morgan fingerprint density at radius 3 is 2.28 bits per heavy atom. The van der Waals surface area contributed by atoms with Crippen molar-refractivity contribution in [1.82, 2.24) is 10.2 Å². The summed E-state index contributed by atoms with van der Waals surface area (Å²) in [5.74, 6) is -0.997. The molecule has 0 spiro atoms. The third-order valence-corrected chi connectivity index (χ3v) is 10.5. The first-order valence-electron chi connectivity index (χ1n) is 16.1. The topological polar surface area (TPSA) is 139 Å². The monoisotopic (exact) mass is 720 g/mol. The SMILES string of the molecule is CC[C@@H](C)NC(=O)[C@H](Cc1ccccc1)N(Cc1ccccc1C)C(=O)CN(c1cc(Cl)ccc1OC)S(=O)(=O)c1ccc(C)c([N+](=O)[O-])c1. The number of nitro groups is 1. The Bertz CT molecular complexity index is 1960. The van der Waals surface area contributed by atoms with Crippen LogP contribution in [0.15, 0.2) is 95.9 Å². The number of rotatable bonds is 15. The molecule has 2 atom stereocenters. The molecule has 0 radical (unpaired) electrons. The van der Waals surface area contributed by atoms with Crippen LogP contribution in [-0.4, -0.2) is 55.8 Å². The molecular formula is C37H41ClN4O7S. The van der Waals surface area contributed by atoms with Crippen LogP contribution in [0.3, 0.4) is 0 Å². The van der Waals surface area contributed by atoms with Crippen molar-refractivity contribution >= 4 is 44.8 Å². The minimum Gasteiger partial charge on any atom is -0.495 e. The summed E-state index contributed by atoms with van der Waals surface area (Å²) in [5.41, 5.74) is 2.24. The number of nitro benzene ring substituents is 1. The molecule has 1 N–H and O–H groups in total. The highest BCUT2D eigenvalue weighted by molar-refractivity contribution is 7.92. The second kappa shape index (κ2) is 16.6. The molecule has 0 fully saturated rings. The molecule has 50 heavy (non-hydrogen) atoms. The number of amides is 2. The van der Waals surface area contributed by atoms with Gasteiger partial charge < -0.3 is 15.0 Å². The number of methoxy groups -OCH3 is 1. The summed E-state index contributed by atoms with van der Waals surface area (Å²) in [6.45, 7) is 6.40. The molecule has 0 saturated carbocycles. The zero-order chi connectivity index (χ0) is 36.6. The maximum atomic E-state index is 14.8. The predicted molar refractivity (Wildman–Crippen MR) is 194 cm³/mol. The van der Waals surface area contributed by atoms with Gasteiger partial charge in [-0.25, -0.2) is 8.42 Å². The van der Waals surface area contributed by atoms with Crippen LogP contribution in [0.4, 0.5) is 11.4 Å². The number of hydrogen-bond donors (Lipinski definition) is 1. The Morgan fingerprint density at radius 2 is 1.64 bits per heavy atom. The van der Waals surface area contributed by atoms with Gasteiger partial charge in [0.05, 0.1) is 22.6 Å². The highest BCUT2D eigenvalue weighted by Crippen LogP contribution is 2.36. The summed E-state index contributed by atoms with van der Waals surface area (Å²) in [7, 11) is -3.33. The van der Waals surface area contributed by atoms with Crippen LogP contribution in [-0.2, 0) is 32.6 Å². The number of benzene rings is 4. The Morgan fingerprint density at radius 1 is 0.960 bits per heavy atom. The van der Waals surface area contributed by atoms with Gasteiger partial charge in [0.25, 0.3) is 15.7 Å². The number of nitrogens with one attached hydrogen (secondary N) is 1. The van der Waals surface area contributed by atoms with Crippen molar-refractivity contribution in [3.63, 3.8) is 0 Å². The number of aryl methyl sites for hydroxylation is 2. The molecule has 0 aromatic heterocycles. The molecule has 0 aliphatic carbocycles. The van der Waals surface area contributed by atoms with E-state index in [0.29, 0.717) is 6.42 Å². The summed E-state index contributed by atoms with van der Waals surface area (Å²) in [6.07, 6.45) is 0.803. The maximum Gasteiger partial charge on any atom is 0.273 e. The molecule has 0 bridgehead atoms. The molecule has 0 unspecified atom stereocenters. The lowest BCUT2D eigenvalue weighted by Gasteiger charge is -2.35. The number of hydrogen-bond acceptors (Lipinski definition) is 7. The van der Waals surface area contributed by atoms with E-state index in [1.165, 1.54) is 49.3 Å². The predicted octanol–water partition coefficient (Wildman–Crippen LogP) is 6.62. The normalized spacial score (nSPS) is 12.4. The average Bonchev–Trinajstić information content (AvgIpc) is 3.09. The van der Waals surface area contributed by atoms with Gasteiger partial charge in [0.2, 0.25) is 11.8 Å². The van der Waals surface area contributed by atoms with E-state index in [2.05, 4.69) is 5.32 Å². The summed E-state index contributed by atoms with van der Waals surface area (Å²) in [5, 5.41) is 15.0. The van der Waals surface area contributed by atoms with Crippen LogP contribution >= 0.6 is 11.6 Å². The van der Waals surface area contributed by atoms with Gasteiger partial charge in [0.1, 0.15) is 18.3 Å². The molecule has 2 amide bonds. The Kier molecular flexibility index (Phi) is 12.6. The Balaban J connectivity index is 1.90. The Hall–Kier alpha value is -4.94. The molecule has 264 valence electrons. The fourth-order valence-corrected chi connectivity index (χ4v) is 7.01. The van der Waals surface area contributed by atoms with E-state index in [9.17, 15) is 28.1 Å². The number of anilines is 1. The smallest absolute Gasteiger partial charge is 0.273 e. The molecular weight excluding hydrogens is 680 g/mol. The van der Waals surface area contributed by atoms with Gasteiger partial charge in [0.15, 0.2) is 0 Å². The number of nitrogens with zero attached hydrogens (tertiary/aromatic N) is 3. The molecule has 0 heterocycles. The van der Waals surface area contributed by atoms with Gasteiger partial charge in [0, 0.05) is 35.7 Å². The van der Waals surface area contributed by atoms with Gasteiger partial charge in [-0.1, -0.05) is 79.2 Å². The summed E-state index contributed by atoms with van der Waals surface area (Å²) in [4.78, 5) is 41.0. The lowest BCUT2D eigenvalue weighted by molar-refractivity contribution is -0.385. The minimum absolute atomic E-state index is 0.00644. The van der Waals surface area contributed by atoms with Crippen LogP contribution < -0.4 is 14.4 Å². The van der Waals surface area contributed by atoms with E-state index in [1.54, 1.807) is 0 Å². The number of carbonyl (C=O) groups is 2. The van der Waals surface area contributed by atoms with E-state index >= 15 is 0 Å². The van der Waals surface area contributed by atoms with Crippen molar-refractivity contribution in [2.24, 2.45) is 0 Å². The van der Waals surface area contributed by atoms with Crippen molar-refractivity contribution in [1.29, 1.82) is 0 Å². The average molecular weight is 721 g/mol. The van der Waals surface area contributed by atoms with Gasteiger partial charge in [-0.3, -0.25) is 24.0 Å². The summed E-state index contributed by atoms with van der Waals surface area (Å²) in [6, 6.07) is 23.3. The molecule has 11 nitrogen and oxygen atoms in total. The van der Waals surface area contributed by atoms with Crippen molar-refractivity contribution in [3.8, 4) is 5.75 Å². The van der Waals surface area contributed by atoms with Crippen LogP contribution in [0.1, 0.15) is 42.5 Å². The van der Waals surface area contributed by atoms with Crippen molar-refractivity contribution in [2.75, 3.05) is 18.0 Å². The fraction of sp³-hybridized carbons (Fsp3) is 0.297. The minimum atomic E-state index is -4.67. The van der Waals surface area contributed by atoms with E-state index in [4.69, 9.17) is 16.3 Å². The van der Waals surface area contributed by atoms with Crippen LogP contribution in [0.2, 0.25) is 5.02 Å². The Labute approximate surface area is 298 Å². The van der Waals surface area contributed by atoms with E-state index in [-0.39, 0.29) is 41.0 Å². The number of carbonyl (C=O) groups excluding carboxylic acids is 2. The molecule has 0 saturated heterocycles. The first-order chi connectivity index (χ1) is 23.8. The summed E-state index contributed by atoms with van der Waals surface area (Å²) >= 11 is 6.36. The molecule has 4 aromatic carbocycles. The first-order valence-corrected chi connectivity index (χ1v) is 17.9. The summed E-state index contributed by atoms with van der Waals surface area (Å²) < 4.78 is 35.3. The molecule has 0 aliphatic heterocycles. The first kappa shape index (κ1) is 37.9. The van der Waals surface area contributed by atoms with Gasteiger partial charge in [-0.05, 0) is 68.1 Å². The van der Waals surface area contributed by atoms with Gasteiger partial charge in [-0.2, -0.15) is 0 Å². The van der Waals surface area contributed by atoms with Crippen molar-refractivity contribution < 1.29 is 27.7 Å². The third-order valence-electron chi connectivity index (χ3n) is 8.53.